The average molecular weight is 282 g/mol. The van der Waals surface area contributed by atoms with Crippen LogP contribution in [0.25, 0.3) is 10.8 Å². The van der Waals surface area contributed by atoms with Crippen LogP contribution in [0.2, 0.25) is 0 Å². The number of nitrogens with zero attached hydrogens (tertiary/aromatic N) is 1. The highest BCUT2D eigenvalue weighted by atomic mass is 32.2. The first-order valence-electron chi connectivity index (χ1n) is 5.83. The molecule has 0 aliphatic heterocycles. The number of hydrogen-bond acceptors (Lipinski definition) is 2. The van der Waals surface area contributed by atoms with Crippen molar-refractivity contribution in [3.8, 4) is 0 Å². The molecular formula is C14H20NO3S+. The number of rotatable bonds is 1. The minimum Gasteiger partial charge on any atom is -0.333 e. The van der Waals surface area contributed by atoms with Crippen LogP contribution in [-0.4, -0.2) is 45.6 Å². The molecular weight excluding hydrogens is 262 g/mol. The third-order valence-corrected chi connectivity index (χ3v) is 2.94. The first-order valence-corrected chi connectivity index (χ1v) is 7.27. The van der Waals surface area contributed by atoms with Gasteiger partial charge in [-0.3, -0.25) is 4.55 Å². The van der Waals surface area contributed by atoms with E-state index >= 15 is 0 Å². The predicted molar refractivity (Wildman–Crippen MR) is 77.7 cm³/mol. The van der Waals surface area contributed by atoms with Crippen LogP contribution in [0.3, 0.4) is 0 Å². The Kier molecular flexibility index (Phi) is 4.68. The zero-order valence-corrected chi connectivity index (χ0v) is 12.5. The van der Waals surface area contributed by atoms with Crippen molar-refractivity contribution in [3.05, 3.63) is 42.5 Å². The van der Waals surface area contributed by atoms with Crippen LogP contribution in [0.4, 0.5) is 0 Å². The van der Waals surface area contributed by atoms with Gasteiger partial charge in [0.05, 0.1) is 28.2 Å². The molecule has 2 aromatic carbocycles. The molecule has 0 aliphatic carbocycles. The molecule has 5 heteroatoms. The summed E-state index contributed by atoms with van der Waals surface area (Å²) in [5.41, 5.74) is 0. The molecule has 0 heterocycles. The largest absolute Gasteiger partial charge is 0.333 e. The van der Waals surface area contributed by atoms with Gasteiger partial charge in [0.15, 0.2) is 0 Å². The summed E-state index contributed by atoms with van der Waals surface area (Å²) in [4.78, 5) is -0.0457. The summed E-state index contributed by atoms with van der Waals surface area (Å²) < 4.78 is 32.0. The van der Waals surface area contributed by atoms with E-state index in [0.29, 0.717) is 5.39 Å². The predicted octanol–water partition coefficient (Wildman–Crippen LogP) is 2.41. The normalized spacial score (nSPS) is 11.8. The van der Waals surface area contributed by atoms with Crippen molar-refractivity contribution in [2.24, 2.45) is 0 Å². The van der Waals surface area contributed by atoms with Crippen LogP contribution in [0.5, 0.6) is 0 Å². The number of hydrogen-bond donors (Lipinski definition) is 1. The standard InChI is InChI=1S/C10H8O3S.C4H12N/c11-14(12,13)10-7-3-5-8-4-1-2-6-9(8)10;1-5(2,3)4/h1-7H,(H,11,12,13);1-4H3/q;+1. The summed E-state index contributed by atoms with van der Waals surface area (Å²) >= 11 is 0. The zero-order valence-electron chi connectivity index (χ0n) is 11.7. The lowest BCUT2D eigenvalue weighted by atomic mass is 10.1. The molecule has 104 valence electrons. The fourth-order valence-electron chi connectivity index (χ4n) is 1.42. The Bertz CT molecular complexity index is 646. The van der Waals surface area contributed by atoms with E-state index in [2.05, 4.69) is 28.2 Å². The second-order valence-corrected chi connectivity index (χ2v) is 7.03. The second kappa shape index (κ2) is 5.69. The van der Waals surface area contributed by atoms with Gasteiger partial charge in [-0.15, -0.1) is 0 Å². The van der Waals surface area contributed by atoms with Crippen LogP contribution in [0.1, 0.15) is 0 Å². The highest BCUT2D eigenvalue weighted by Gasteiger charge is 2.12. The van der Waals surface area contributed by atoms with E-state index in [9.17, 15) is 8.42 Å². The van der Waals surface area contributed by atoms with Gasteiger partial charge in [0, 0.05) is 5.39 Å². The molecule has 0 spiro atoms. The molecule has 0 aliphatic rings. The van der Waals surface area contributed by atoms with Gasteiger partial charge in [-0.25, -0.2) is 0 Å². The maximum atomic E-state index is 11.0. The molecule has 0 fully saturated rings. The number of fused-ring (bicyclic) bond motifs is 1. The fraction of sp³-hybridized carbons (Fsp3) is 0.286. The Hall–Kier alpha value is -1.43. The molecule has 0 atom stereocenters. The molecule has 2 rings (SSSR count). The van der Waals surface area contributed by atoms with E-state index in [1.807, 2.05) is 6.07 Å². The first kappa shape index (κ1) is 15.6. The molecule has 0 bridgehead atoms. The molecule has 19 heavy (non-hydrogen) atoms. The van der Waals surface area contributed by atoms with Gasteiger partial charge < -0.3 is 4.48 Å². The highest BCUT2D eigenvalue weighted by molar-refractivity contribution is 7.86. The van der Waals surface area contributed by atoms with E-state index in [1.165, 1.54) is 6.07 Å². The summed E-state index contributed by atoms with van der Waals surface area (Å²) in [6, 6.07) is 11.8. The third-order valence-electron chi connectivity index (χ3n) is 2.03. The van der Waals surface area contributed by atoms with Gasteiger partial charge in [-0.05, 0) is 11.5 Å². The van der Waals surface area contributed by atoms with Crippen molar-refractivity contribution in [1.82, 2.24) is 0 Å². The Labute approximate surface area is 114 Å². The molecule has 0 saturated carbocycles. The Morgan fingerprint density at radius 1 is 0.895 bits per heavy atom. The van der Waals surface area contributed by atoms with E-state index in [1.54, 1.807) is 30.3 Å². The average Bonchev–Trinajstić information content (AvgIpc) is 2.25. The molecule has 2 aromatic rings. The smallest absolute Gasteiger partial charge is 0.295 e. The van der Waals surface area contributed by atoms with Gasteiger partial charge in [0.2, 0.25) is 0 Å². The highest BCUT2D eigenvalue weighted by Crippen LogP contribution is 2.21. The quantitative estimate of drug-likeness (QED) is 0.645. The number of benzene rings is 2. The molecule has 0 aromatic heterocycles. The minimum atomic E-state index is -4.13. The van der Waals surface area contributed by atoms with Crippen LogP contribution in [-0.2, 0) is 10.1 Å². The summed E-state index contributed by atoms with van der Waals surface area (Å²) in [7, 11) is 4.37. The van der Waals surface area contributed by atoms with E-state index < -0.39 is 10.1 Å². The van der Waals surface area contributed by atoms with Crippen molar-refractivity contribution in [2.45, 2.75) is 4.90 Å². The molecule has 0 radical (unpaired) electrons. The number of quaternary nitrogens is 1. The summed E-state index contributed by atoms with van der Waals surface area (Å²) in [6.07, 6.45) is 0. The van der Waals surface area contributed by atoms with Gasteiger partial charge in [0.1, 0.15) is 4.90 Å². The van der Waals surface area contributed by atoms with Crippen LogP contribution in [0.15, 0.2) is 47.4 Å². The van der Waals surface area contributed by atoms with Crippen molar-refractivity contribution in [2.75, 3.05) is 28.2 Å². The molecule has 0 amide bonds. The van der Waals surface area contributed by atoms with Gasteiger partial charge >= 0.3 is 0 Å². The summed E-state index contributed by atoms with van der Waals surface area (Å²) in [5, 5.41) is 1.33. The molecule has 0 saturated heterocycles. The zero-order chi connectivity index (χ0) is 14.7. The first-order chi connectivity index (χ1) is 8.59. The molecule has 0 unspecified atom stereocenters. The van der Waals surface area contributed by atoms with E-state index in [4.69, 9.17) is 4.55 Å². The fourth-order valence-corrected chi connectivity index (χ4v) is 2.13. The van der Waals surface area contributed by atoms with Crippen LogP contribution < -0.4 is 0 Å². The lowest BCUT2D eigenvalue weighted by Crippen LogP contribution is -2.27. The maximum Gasteiger partial charge on any atom is 0.295 e. The molecule has 4 nitrogen and oxygen atoms in total. The topological polar surface area (TPSA) is 54.4 Å². The van der Waals surface area contributed by atoms with Crippen LogP contribution in [0, 0.1) is 0 Å². The third kappa shape index (κ3) is 5.38. The Morgan fingerprint density at radius 2 is 1.37 bits per heavy atom. The van der Waals surface area contributed by atoms with Gasteiger partial charge in [0.25, 0.3) is 10.1 Å². The van der Waals surface area contributed by atoms with E-state index in [-0.39, 0.29) is 4.90 Å². The Balaban J connectivity index is 0.000000312. The Morgan fingerprint density at radius 3 is 1.89 bits per heavy atom. The van der Waals surface area contributed by atoms with Crippen LogP contribution >= 0.6 is 0 Å². The lowest BCUT2D eigenvalue weighted by molar-refractivity contribution is -0.849. The molecule has 1 N–H and O–H groups in total. The van der Waals surface area contributed by atoms with Gasteiger partial charge in [-0.2, -0.15) is 8.42 Å². The van der Waals surface area contributed by atoms with Gasteiger partial charge in [-0.1, -0.05) is 36.4 Å². The van der Waals surface area contributed by atoms with Crippen molar-refractivity contribution >= 4 is 20.9 Å². The van der Waals surface area contributed by atoms with Crippen molar-refractivity contribution < 1.29 is 17.5 Å². The summed E-state index contributed by atoms with van der Waals surface area (Å²) in [6.45, 7) is 0. The van der Waals surface area contributed by atoms with E-state index in [0.717, 1.165) is 9.87 Å². The van der Waals surface area contributed by atoms with Crippen molar-refractivity contribution in [1.29, 1.82) is 0 Å². The SMILES string of the molecule is C[N+](C)(C)C.O=S(=O)(O)c1cccc2ccccc12. The monoisotopic (exact) mass is 282 g/mol. The second-order valence-electron chi connectivity index (χ2n) is 5.64. The van der Waals surface area contributed by atoms with Crippen molar-refractivity contribution in [3.63, 3.8) is 0 Å². The minimum absolute atomic E-state index is 0.0457. The lowest BCUT2D eigenvalue weighted by Gasteiger charge is -2.14. The summed E-state index contributed by atoms with van der Waals surface area (Å²) in [5.74, 6) is 0. The maximum absolute atomic E-state index is 11.0.